The number of carboxylic acids is 1. The summed E-state index contributed by atoms with van der Waals surface area (Å²) in [6, 6.07) is 7.83. The lowest BCUT2D eigenvalue weighted by molar-refractivity contribution is -0.137. The fourth-order valence-corrected chi connectivity index (χ4v) is 2.24. The van der Waals surface area contributed by atoms with Gasteiger partial charge in [0.05, 0.1) is 4.60 Å². The van der Waals surface area contributed by atoms with Crippen LogP contribution in [0.25, 0.3) is 10.9 Å². The minimum Gasteiger partial charge on any atom is -0.480 e. The van der Waals surface area contributed by atoms with Crippen LogP contribution in [0.4, 0.5) is 0 Å². The maximum absolute atomic E-state index is 10.7. The van der Waals surface area contributed by atoms with Gasteiger partial charge < -0.3 is 9.67 Å². The maximum Gasteiger partial charge on any atom is 0.323 e. The average Bonchev–Trinajstić information content (AvgIpc) is 2.45. The number of carboxylic acid groups (broad SMARTS) is 1. The highest BCUT2D eigenvalue weighted by Gasteiger charge is 2.10. The second-order valence-electron chi connectivity index (χ2n) is 3.45. The molecule has 4 heteroatoms. The molecule has 0 bridgehead atoms. The SMILES string of the molecule is Cc1cccc2c1cc(Br)n2CC(=O)O. The number of aryl methyl sites for hydroxylation is 1. The zero-order chi connectivity index (χ0) is 11.0. The van der Waals surface area contributed by atoms with Gasteiger partial charge in [0.1, 0.15) is 6.54 Å². The fraction of sp³-hybridized carbons (Fsp3) is 0.182. The van der Waals surface area contributed by atoms with Crippen molar-refractivity contribution in [2.75, 3.05) is 0 Å². The number of halogens is 1. The van der Waals surface area contributed by atoms with Crippen LogP contribution < -0.4 is 0 Å². The Bertz CT molecular complexity index is 531. The Morgan fingerprint density at radius 1 is 1.53 bits per heavy atom. The smallest absolute Gasteiger partial charge is 0.323 e. The molecule has 0 fully saturated rings. The first-order valence-corrected chi connectivity index (χ1v) is 5.35. The molecule has 0 amide bonds. The monoisotopic (exact) mass is 267 g/mol. The third kappa shape index (κ3) is 1.77. The van der Waals surface area contributed by atoms with Gasteiger partial charge in [0, 0.05) is 10.9 Å². The van der Waals surface area contributed by atoms with E-state index < -0.39 is 5.97 Å². The van der Waals surface area contributed by atoms with Crippen LogP contribution >= 0.6 is 15.9 Å². The van der Waals surface area contributed by atoms with Crippen molar-refractivity contribution in [3.8, 4) is 0 Å². The Labute approximate surface area is 95.5 Å². The number of nitrogens with zero attached hydrogens (tertiary/aromatic N) is 1. The van der Waals surface area contributed by atoms with Crippen molar-refractivity contribution >= 4 is 32.8 Å². The van der Waals surface area contributed by atoms with Crippen LogP contribution in [0.15, 0.2) is 28.9 Å². The molecule has 2 rings (SSSR count). The minimum atomic E-state index is -0.838. The zero-order valence-corrected chi connectivity index (χ0v) is 9.78. The van der Waals surface area contributed by atoms with Crippen LogP contribution in [0.2, 0.25) is 0 Å². The molecule has 2 aromatic rings. The van der Waals surface area contributed by atoms with Gasteiger partial charge in [0.15, 0.2) is 0 Å². The molecule has 1 N–H and O–H groups in total. The molecular formula is C11H10BrNO2. The van der Waals surface area contributed by atoms with Gasteiger partial charge in [-0.15, -0.1) is 0 Å². The molecule has 1 heterocycles. The normalized spacial score (nSPS) is 10.8. The van der Waals surface area contributed by atoms with Gasteiger partial charge in [-0.3, -0.25) is 4.79 Å². The molecule has 1 aromatic carbocycles. The van der Waals surface area contributed by atoms with Crippen LogP contribution in [-0.4, -0.2) is 15.6 Å². The predicted molar refractivity (Wildman–Crippen MR) is 62.0 cm³/mol. The van der Waals surface area contributed by atoms with Crippen LogP contribution in [0.1, 0.15) is 5.56 Å². The summed E-state index contributed by atoms with van der Waals surface area (Å²) >= 11 is 3.37. The van der Waals surface area contributed by atoms with Crippen molar-refractivity contribution in [1.82, 2.24) is 4.57 Å². The summed E-state index contributed by atoms with van der Waals surface area (Å²) in [5.41, 5.74) is 2.10. The summed E-state index contributed by atoms with van der Waals surface area (Å²) in [4.78, 5) is 10.7. The van der Waals surface area contributed by atoms with Crippen molar-refractivity contribution in [1.29, 1.82) is 0 Å². The van der Waals surface area contributed by atoms with Crippen LogP contribution in [0.3, 0.4) is 0 Å². The van der Waals surface area contributed by atoms with Crippen LogP contribution in [-0.2, 0) is 11.3 Å². The second kappa shape index (κ2) is 3.70. The van der Waals surface area contributed by atoms with Crippen LogP contribution in [0, 0.1) is 6.92 Å². The summed E-state index contributed by atoms with van der Waals surface area (Å²) in [5, 5.41) is 9.89. The molecule has 1 aromatic heterocycles. The van der Waals surface area contributed by atoms with Gasteiger partial charge in [-0.25, -0.2) is 0 Å². The van der Waals surface area contributed by atoms with E-state index in [9.17, 15) is 4.79 Å². The Morgan fingerprint density at radius 3 is 2.93 bits per heavy atom. The maximum atomic E-state index is 10.7. The number of fused-ring (bicyclic) bond motifs is 1. The molecule has 0 aliphatic heterocycles. The fourth-order valence-electron chi connectivity index (χ4n) is 1.70. The molecule has 0 atom stereocenters. The highest BCUT2D eigenvalue weighted by atomic mass is 79.9. The summed E-state index contributed by atoms with van der Waals surface area (Å²) in [6.45, 7) is 1.99. The molecule has 0 spiro atoms. The number of carbonyl (C=O) groups is 1. The first-order chi connectivity index (χ1) is 7.09. The van der Waals surface area contributed by atoms with Crippen molar-refractivity contribution in [2.45, 2.75) is 13.5 Å². The Morgan fingerprint density at radius 2 is 2.27 bits per heavy atom. The van der Waals surface area contributed by atoms with E-state index in [2.05, 4.69) is 15.9 Å². The number of aromatic nitrogens is 1. The lowest BCUT2D eigenvalue weighted by Crippen LogP contribution is -2.08. The molecular weight excluding hydrogens is 258 g/mol. The lowest BCUT2D eigenvalue weighted by Gasteiger charge is -2.03. The standard InChI is InChI=1S/C11H10BrNO2/c1-7-3-2-4-9-8(7)5-10(12)13(9)6-11(14)15/h2-5H,6H2,1H3,(H,14,15). The van der Waals surface area contributed by atoms with E-state index in [0.29, 0.717) is 0 Å². The molecule has 15 heavy (non-hydrogen) atoms. The Kier molecular flexibility index (Phi) is 2.52. The molecule has 3 nitrogen and oxygen atoms in total. The highest BCUT2D eigenvalue weighted by molar-refractivity contribution is 9.10. The Hall–Kier alpha value is -1.29. The van der Waals surface area contributed by atoms with E-state index >= 15 is 0 Å². The predicted octanol–water partition coefficient (Wildman–Crippen LogP) is 2.80. The summed E-state index contributed by atoms with van der Waals surface area (Å²) < 4.78 is 2.54. The number of rotatable bonds is 2. The first-order valence-electron chi connectivity index (χ1n) is 4.56. The van der Waals surface area contributed by atoms with Crippen molar-refractivity contribution in [3.63, 3.8) is 0 Å². The van der Waals surface area contributed by atoms with Gasteiger partial charge >= 0.3 is 5.97 Å². The molecule has 0 unspecified atom stereocenters. The first kappa shape index (κ1) is 10.2. The summed E-state index contributed by atoms with van der Waals surface area (Å²) in [6.07, 6.45) is 0. The molecule has 0 saturated carbocycles. The van der Waals surface area contributed by atoms with E-state index in [0.717, 1.165) is 21.1 Å². The van der Waals surface area contributed by atoms with Crippen LogP contribution in [0.5, 0.6) is 0 Å². The largest absolute Gasteiger partial charge is 0.480 e. The molecule has 0 saturated heterocycles. The Balaban J connectivity index is 2.68. The summed E-state index contributed by atoms with van der Waals surface area (Å²) in [5.74, 6) is -0.838. The lowest BCUT2D eigenvalue weighted by atomic mass is 10.1. The van der Waals surface area contributed by atoms with Gasteiger partial charge in [0.2, 0.25) is 0 Å². The highest BCUT2D eigenvalue weighted by Crippen LogP contribution is 2.26. The number of hydrogen-bond donors (Lipinski definition) is 1. The second-order valence-corrected chi connectivity index (χ2v) is 4.27. The van der Waals surface area contributed by atoms with Gasteiger partial charge in [-0.05, 0) is 40.5 Å². The number of hydrogen-bond acceptors (Lipinski definition) is 1. The molecule has 78 valence electrons. The van der Waals surface area contributed by atoms with Gasteiger partial charge in [0.25, 0.3) is 0 Å². The summed E-state index contributed by atoms with van der Waals surface area (Å²) in [7, 11) is 0. The number of benzene rings is 1. The zero-order valence-electron chi connectivity index (χ0n) is 8.20. The van der Waals surface area contributed by atoms with E-state index in [4.69, 9.17) is 5.11 Å². The third-order valence-electron chi connectivity index (χ3n) is 2.41. The quantitative estimate of drug-likeness (QED) is 0.909. The van der Waals surface area contributed by atoms with Crippen molar-refractivity contribution in [2.24, 2.45) is 0 Å². The van der Waals surface area contributed by atoms with Gasteiger partial charge in [-0.2, -0.15) is 0 Å². The minimum absolute atomic E-state index is 0.0203. The van der Waals surface area contributed by atoms with E-state index in [1.807, 2.05) is 31.2 Å². The molecule has 0 aliphatic rings. The van der Waals surface area contributed by atoms with E-state index in [1.54, 1.807) is 4.57 Å². The van der Waals surface area contributed by atoms with Gasteiger partial charge in [-0.1, -0.05) is 12.1 Å². The molecule has 0 aliphatic carbocycles. The molecule has 0 radical (unpaired) electrons. The van der Waals surface area contributed by atoms with E-state index in [-0.39, 0.29) is 6.54 Å². The van der Waals surface area contributed by atoms with Crippen molar-refractivity contribution < 1.29 is 9.90 Å². The van der Waals surface area contributed by atoms with Crippen molar-refractivity contribution in [3.05, 3.63) is 34.4 Å². The topological polar surface area (TPSA) is 42.2 Å². The third-order valence-corrected chi connectivity index (χ3v) is 3.06. The average molecular weight is 268 g/mol. The van der Waals surface area contributed by atoms with E-state index in [1.165, 1.54) is 0 Å². The number of aliphatic carboxylic acids is 1.